The van der Waals surface area contributed by atoms with E-state index in [1.807, 2.05) is 30.3 Å². The topological polar surface area (TPSA) is 61.4 Å². The zero-order valence-electron chi connectivity index (χ0n) is 16.5. The number of hydrogen-bond donors (Lipinski definition) is 2. The number of hydrogen-bond acceptors (Lipinski definition) is 3. The Labute approximate surface area is 167 Å². The van der Waals surface area contributed by atoms with Gasteiger partial charge in [0.25, 0.3) is 5.91 Å². The zero-order chi connectivity index (χ0) is 19.8. The van der Waals surface area contributed by atoms with Crippen LogP contribution in [0.15, 0.2) is 54.6 Å². The van der Waals surface area contributed by atoms with Crippen LogP contribution in [-0.4, -0.2) is 36.3 Å². The Balaban J connectivity index is 1.40. The molecule has 3 rings (SSSR count). The first-order chi connectivity index (χ1) is 13.6. The Morgan fingerprint density at radius 3 is 2.54 bits per heavy atom. The smallest absolute Gasteiger partial charge is 0.251 e. The number of carbonyl (C=O) groups excluding carboxylic acids is 2. The fourth-order valence-electron chi connectivity index (χ4n) is 3.59. The highest BCUT2D eigenvalue weighted by molar-refractivity contribution is 5.95. The molecule has 1 aliphatic rings. The molecule has 28 heavy (non-hydrogen) atoms. The predicted octanol–water partition coefficient (Wildman–Crippen LogP) is 3.68. The normalized spacial score (nSPS) is 17.1. The second-order valence-corrected chi connectivity index (χ2v) is 7.60. The highest BCUT2D eigenvalue weighted by atomic mass is 16.2. The van der Waals surface area contributed by atoms with E-state index in [1.54, 1.807) is 12.1 Å². The molecule has 1 unspecified atom stereocenters. The largest absolute Gasteiger partial charge is 0.352 e. The average Bonchev–Trinajstić information content (AvgIpc) is 2.70. The Morgan fingerprint density at radius 1 is 1.07 bits per heavy atom. The van der Waals surface area contributed by atoms with Gasteiger partial charge in [-0.3, -0.25) is 14.5 Å². The van der Waals surface area contributed by atoms with Crippen LogP contribution in [0.25, 0.3) is 0 Å². The Morgan fingerprint density at radius 2 is 1.82 bits per heavy atom. The molecule has 2 N–H and O–H groups in total. The van der Waals surface area contributed by atoms with Gasteiger partial charge in [0.15, 0.2) is 0 Å². The van der Waals surface area contributed by atoms with Crippen LogP contribution in [0.4, 0.5) is 5.69 Å². The van der Waals surface area contributed by atoms with E-state index in [9.17, 15) is 9.59 Å². The van der Waals surface area contributed by atoms with Crippen molar-refractivity contribution >= 4 is 17.5 Å². The van der Waals surface area contributed by atoms with Crippen molar-refractivity contribution in [2.45, 2.75) is 32.7 Å². The molecule has 0 bridgehead atoms. The van der Waals surface area contributed by atoms with Crippen LogP contribution in [0.3, 0.4) is 0 Å². The zero-order valence-corrected chi connectivity index (χ0v) is 16.5. The van der Waals surface area contributed by atoms with Gasteiger partial charge in [0.2, 0.25) is 5.91 Å². The second-order valence-electron chi connectivity index (χ2n) is 7.60. The number of nitrogens with zero attached hydrogens (tertiary/aromatic N) is 1. The number of amides is 2. The van der Waals surface area contributed by atoms with Crippen molar-refractivity contribution in [1.29, 1.82) is 0 Å². The summed E-state index contributed by atoms with van der Waals surface area (Å²) >= 11 is 0. The average molecular weight is 380 g/mol. The highest BCUT2D eigenvalue weighted by Gasteiger charge is 2.16. The molecule has 2 aromatic rings. The van der Waals surface area contributed by atoms with E-state index in [0.717, 1.165) is 31.2 Å². The fourth-order valence-corrected chi connectivity index (χ4v) is 3.59. The SMILES string of the molecule is CC1CCCN(Cc2ccc(NC(=O)CCNC(=O)c3ccccc3)cc2)C1. The lowest BCUT2D eigenvalue weighted by Gasteiger charge is -2.30. The number of likely N-dealkylation sites (tertiary alicyclic amines) is 1. The molecule has 0 radical (unpaired) electrons. The third-order valence-electron chi connectivity index (χ3n) is 5.06. The Kier molecular flexibility index (Phi) is 7.20. The lowest BCUT2D eigenvalue weighted by atomic mass is 10.00. The monoisotopic (exact) mass is 379 g/mol. The molecule has 2 aromatic carbocycles. The first-order valence-electron chi connectivity index (χ1n) is 10.0. The molecule has 1 heterocycles. The number of anilines is 1. The Hall–Kier alpha value is -2.66. The van der Waals surface area contributed by atoms with Crippen molar-refractivity contribution < 1.29 is 9.59 Å². The summed E-state index contributed by atoms with van der Waals surface area (Å²) in [5.41, 5.74) is 2.65. The quantitative estimate of drug-likeness (QED) is 0.771. The molecular formula is C23H29N3O2. The van der Waals surface area contributed by atoms with E-state index < -0.39 is 0 Å². The van der Waals surface area contributed by atoms with E-state index in [1.165, 1.54) is 18.4 Å². The molecule has 1 saturated heterocycles. The number of piperidine rings is 1. The standard InChI is InChI=1S/C23H29N3O2/c1-18-6-5-15-26(16-18)17-19-9-11-21(12-10-19)25-22(27)13-14-24-23(28)20-7-3-2-4-8-20/h2-4,7-12,18H,5-6,13-17H2,1H3,(H,24,28)(H,25,27). The van der Waals surface area contributed by atoms with Crippen molar-refractivity contribution in [3.8, 4) is 0 Å². The maximum Gasteiger partial charge on any atom is 0.251 e. The molecule has 0 saturated carbocycles. The molecule has 2 amide bonds. The minimum atomic E-state index is -0.162. The number of nitrogens with one attached hydrogen (secondary N) is 2. The summed E-state index contributed by atoms with van der Waals surface area (Å²) < 4.78 is 0. The molecule has 1 atom stereocenters. The molecule has 0 aliphatic carbocycles. The van der Waals surface area contributed by atoms with Crippen LogP contribution in [0.5, 0.6) is 0 Å². The lowest BCUT2D eigenvalue weighted by molar-refractivity contribution is -0.116. The van der Waals surface area contributed by atoms with Crippen LogP contribution >= 0.6 is 0 Å². The van der Waals surface area contributed by atoms with E-state index in [0.29, 0.717) is 12.1 Å². The van der Waals surface area contributed by atoms with Gasteiger partial charge in [0, 0.05) is 37.3 Å². The minimum absolute atomic E-state index is 0.106. The van der Waals surface area contributed by atoms with Gasteiger partial charge in [-0.05, 0) is 55.1 Å². The van der Waals surface area contributed by atoms with Crippen molar-refractivity contribution in [2.75, 3.05) is 25.0 Å². The summed E-state index contributed by atoms with van der Waals surface area (Å²) in [4.78, 5) is 26.6. The van der Waals surface area contributed by atoms with Crippen molar-refractivity contribution in [2.24, 2.45) is 5.92 Å². The van der Waals surface area contributed by atoms with Gasteiger partial charge in [-0.15, -0.1) is 0 Å². The van der Waals surface area contributed by atoms with Gasteiger partial charge in [-0.25, -0.2) is 0 Å². The van der Waals surface area contributed by atoms with E-state index >= 15 is 0 Å². The predicted molar refractivity (Wildman–Crippen MR) is 112 cm³/mol. The molecule has 5 heteroatoms. The first-order valence-corrected chi connectivity index (χ1v) is 10.0. The van der Waals surface area contributed by atoms with Gasteiger partial charge >= 0.3 is 0 Å². The number of benzene rings is 2. The van der Waals surface area contributed by atoms with Gasteiger partial charge in [0.1, 0.15) is 0 Å². The van der Waals surface area contributed by atoms with Crippen molar-refractivity contribution in [3.63, 3.8) is 0 Å². The van der Waals surface area contributed by atoms with Crippen LogP contribution in [-0.2, 0) is 11.3 Å². The summed E-state index contributed by atoms with van der Waals surface area (Å²) in [5.74, 6) is 0.505. The molecular weight excluding hydrogens is 350 g/mol. The molecule has 0 aromatic heterocycles. The van der Waals surface area contributed by atoms with E-state index in [4.69, 9.17) is 0 Å². The van der Waals surface area contributed by atoms with Crippen molar-refractivity contribution in [1.82, 2.24) is 10.2 Å². The summed E-state index contributed by atoms with van der Waals surface area (Å²) in [7, 11) is 0. The highest BCUT2D eigenvalue weighted by Crippen LogP contribution is 2.18. The van der Waals surface area contributed by atoms with Gasteiger partial charge < -0.3 is 10.6 Å². The van der Waals surface area contributed by atoms with Crippen LogP contribution in [0.2, 0.25) is 0 Å². The Bertz CT molecular complexity index is 774. The third-order valence-corrected chi connectivity index (χ3v) is 5.06. The minimum Gasteiger partial charge on any atom is -0.352 e. The van der Waals surface area contributed by atoms with Gasteiger partial charge in [-0.1, -0.05) is 37.3 Å². The molecule has 1 fully saturated rings. The lowest BCUT2D eigenvalue weighted by Crippen LogP contribution is -2.33. The second kappa shape index (κ2) is 10.0. The first kappa shape index (κ1) is 20.1. The number of carbonyl (C=O) groups is 2. The van der Waals surface area contributed by atoms with Crippen molar-refractivity contribution in [3.05, 3.63) is 65.7 Å². The van der Waals surface area contributed by atoms with Crippen LogP contribution in [0, 0.1) is 5.92 Å². The molecule has 0 spiro atoms. The summed E-state index contributed by atoms with van der Waals surface area (Å²) in [6, 6.07) is 17.0. The van der Waals surface area contributed by atoms with E-state index in [2.05, 4.69) is 34.6 Å². The maximum absolute atomic E-state index is 12.1. The molecule has 1 aliphatic heterocycles. The summed E-state index contributed by atoms with van der Waals surface area (Å²) in [6.45, 7) is 5.91. The molecule has 5 nitrogen and oxygen atoms in total. The van der Waals surface area contributed by atoms with Gasteiger partial charge in [-0.2, -0.15) is 0 Å². The summed E-state index contributed by atoms with van der Waals surface area (Å²) in [6.07, 6.45) is 2.84. The van der Waals surface area contributed by atoms with Crippen LogP contribution < -0.4 is 10.6 Å². The third kappa shape index (κ3) is 6.20. The van der Waals surface area contributed by atoms with Crippen LogP contribution in [0.1, 0.15) is 42.1 Å². The van der Waals surface area contributed by atoms with Gasteiger partial charge in [0.05, 0.1) is 0 Å². The maximum atomic E-state index is 12.1. The fraction of sp³-hybridized carbons (Fsp3) is 0.391. The summed E-state index contributed by atoms with van der Waals surface area (Å²) in [5, 5.41) is 5.66. The van der Waals surface area contributed by atoms with E-state index in [-0.39, 0.29) is 18.2 Å². The molecule has 148 valence electrons. The number of rotatable bonds is 7.